The second kappa shape index (κ2) is 12.8. The molecule has 0 saturated carbocycles. The van der Waals surface area contributed by atoms with Crippen molar-refractivity contribution in [2.45, 2.75) is 58.0 Å². The first-order valence-corrected chi connectivity index (χ1v) is 12.8. The van der Waals surface area contributed by atoms with Crippen molar-refractivity contribution in [2.75, 3.05) is 36.8 Å². The van der Waals surface area contributed by atoms with E-state index in [1.54, 1.807) is 6.20 Å². The lowest BCUT2D eigenvalue weighted by atomic mass is 10.0. The van der Waals surface area contributed by atoms with Gasteiger partial charge in [-0.15, -0.1) is 0 Å². The molecule has 0 saturated heterocycles. The van der Waals surface area contributed by atoms with Crippen molar-refractivity contribution >= 4 is 39.4 Å². The summed E-state index contributed by atoms with van der Waals surface area (Å²) in [6.45, 7) is 5.47. The number of nitrogens with one attached hydrogen (secondary N) is 3. The number of nitrogens with zero attached hydrogens (tertiary/aromatic N) is 4. The Hall–Kier alpha value is -2.79. The lowest BCUT2D eigenvalue weighted by molar-refractivity contribution is -0.150. The number of anilines is 2. The number of aromatic nitrogens is 3. The number of carboxylic acids is 1. The first-order valence-electron chi connectivity index (χ1n) is 12.0. The molecule has 0 fully saturated rings. The third kappa shape index (κ3) is 7.11. The first-order chi connectivity index (χ1) is 16.9. The molecule has 0 aliphatic carbocycles. The fourth-order valence-electron chi connectivity index (χ4n) is 4.31. The van der Waals surface area contributed by atoms with Crippen LogP contribution in [0.1, 0.15) is 50.8 Å². The molecule has 1 atom stereocenters. The van der Waals surface area contributed by atoms with E-state index >= 15 is 0 Å². The van der Waals surface area contributed by atoms with Crippen molar-refractivity contribution in [3.05, 3.63) is 40.4 Å². The minimum Gasteiger partial charge on any atom is -0.478 e. The quantitative estimate of drug-likeness (QED) is 0.220. The molecule has 0 aromatic carbocycles. The van der Waals surface area contributed by atoms with Gasteiger partial charge in [-0.3, -0.25) is 9.69 Å². The number of carbonyl (C=O) groups excluding carboxylic acids is 1. The van der Waals surface area contributed by atoms with E-state index in [-0.39, 0.29) is 12.3 Å². The molecular weight excluding hydrogens is 514 g/mol. The standard InChI is InChI=1S/C24H34BrN7O3/c1-3-24(23(34)35,31-22-20(25)15-26-16-29-22)32(14-12-27-17(2)33)13-5-4-8-19-10-9-18-7-6-11-28-21(18)30-19/h9-10,15-16H,3-8,11-14H2,1-2H3,(H,27,33)(H,28,30)(H,34,35)(H,26,29,31). The Morgan fingerprint density at radius 2 is 2.11 bits per heavy atom. The van der Waals surface area contributed by atoms with E-state index in [2.05, 4.69) is 54.0 Å². The zero-order valence-electron chi connectivity index (χ0n) is 20.3. The smallest absolute Gasteiger partial charge is 0.344 e. The molecule has 190 valence electrons. The van der Waals surface area contributed by atoms with Gasteiger partial charge in [0, 0.05) is 45.0 Å². The maximum Gasteiger partial charge on any atom is 0.344 e. The number of aryl methyl sites for hydroxylation is 2. The average Bonchev–Trinajstić information content (AvgIpc) is 2.85. The lowest BCUT2D eigenvalue weighted by Gasteiger charge is -2.41. The van der Waals surface area contributed by atoms with Gasteiger partial charge in [0.1, 0.15) is 18.0 Å². The van der Waals surface area contributed by atoms with Gasteiger partial charge in [0.05, 0.1) is 4.47 Å². The molecule has 0 spiro atoms. The second-order valence-corrected chi connectivity index (χ2v) is 9.49. The summed E-state index contributed by atoms with van der Waals surface area (Å²) in [5, 5.41) is 19.6. The molecule has 3 heterocycles. The number of unbranched alkanes of at least 4 members (excludes halogenated alkanes) is 1. The predicted molar refractivity (Wildman–Crippen MR) is 138 cm³/mol. The monoisotopic (exact) mass is 547 g/mol. The maximum absolute atomic E-state index is 12.6. The third-order valence-corrected chi connectivity index (χ3v) is 6.80. The predicted octanol–water partition coefficient (Wildman–Crippen LogP) is 3.06. The number of halogens is 1. The van der Waals surface area contributed by atoms with E-state index in [1.807, 2.05) is 11.8 Å². The van der Waals surface area contributed by atoms with Gasteiger partial charge in [-0.05, 0) is 66.1 Å². The Balaban J connectivity index is 1.71. The van der Waals surface area contributed by atoms with Crippen molar-refractivity contribution in [3.8, 4) is 0 Å². The van der Waals surface area contributed by atoms with Crippen LogP contribution < -0.4 is 16.0 Å². The van der Waals surface area contributed by atoms with Crippen LogP contribution >= 0.6 is 15.9 Å². The lowest BCUT2D eigenvalue weighted by Crippen LogP contribution is -2.61. The molecule has 1 aliphatic rings. The highest BCUT2D eigenvalue weighted by Crippen LogP contribution is 2.27. The maximum atomic E-state index is 12.6. The number of carboxylic acid groups (broad SMARTS) is 1. The average molecular weight is 548 g/mol. The van der Waals surface area contributed by atoms with Crippen molar-refractivity contribution in [2.24, 2.45) is 0 Å². The Bertz CT molecular complexity index is 1020. The van der Waals surface area contributed by atoms with Crippen LogP contribution in [0.25, 0.3) is 0 Å². The number of pyridine rings is 1. The number of fused-ring (bicyclic) bond motifs is 1. The molecule has 1 unspecified atom stereocenters. The summed E-state index contributed by atoms with van der Waals surface area (Å²) in [6, 6.07) is 4.24. The molecule has 0 bridgehead atoms. The molecular formula is C24H34BrN7O3. The zero-order chi connectivity index (χ0) is 25.3. The molecule has 35 heavy (non-hydrogen) atoms. The Morgan fingerprint density at radius 1 is 1.29 bits per heavy atom. The number of aliphatic carboxylic acids is 1. The summed E-state index contributed by atoms with van der Waals surface area (Å²) in [4.78, 5) is 38.9. The summed E-state index contributed by atoms with van der Waals surface area (Å²) < 4.78 is 0.577. The number of hydrogen-bond donors (Lipinski definition) is 4. The molecule has 1 aliphatic heterocycles. The molecule has 10 nitrogen and oxygen atoms in total. The SMILES string of the molecule is CCC(Nc1ncncc1Br)(C(=O)O)N(CCCCc1ccc2c(n1)NCCC2)CCNC(C)=O. The zero-order valence-corrected chi connectivity index (χ0v) is 21.9. The van der Waals surface area contributed by atoms with Gasteiger partial charge < -0.3 is 21.1 Å². The van der Waals surface area contributed by atoms with Crippen LogP contribution in [0.15, 0.2) is 29.1 Å². The molecule has 2 aromatic rings. The van der Waals surface area contributed by atoms with E-state index in [0.717, 1.165) is 50.2 Å². The van der Waals surface area contributed by atoms with E-state index in [4.69, 9.17) is 4.98 Å². The minimum absolute atomic E-state index is 0.152. The molecule has 1 amide bonds. The fourth-order valence-corrected chi connectivity index (χ4v) is 4.63. The molecule has 0 radical (unpaired) electrons. The summed E-state index contributed by atoms with van der Waals surface area (Å²) in [7, 11) is 0. The summed E-state index contributed by atoms with van der Waals surface area (Å²) >= 11 is 3.40. The largest absolute Gasteiger partial charge is 0.478 e. The van der Waals surface area contributed by atoms with Crippen molar-refractivity contribution in [3.63, 3.8) is 0 Å². The highest BCUT2D eigenvalue weighted by atomic mass is 79.9. The van der Waals surface area contributed by atoms with Crippen molar-refractivity contribution < 1.29 is 14.7 Å². The van der Waals surface area contributed by atoms with Crippen LogP contribution in [0, 0.1) is 0 Å². The third-order valence-electron chi connectivity index (χ3n) is 6.22. The minimum atomic E-state index is -1.40. The van der Waals surface area contributed by atoms with Gasteiger partial charge in [0.25, 0.3) is 0 Å². The van der Waals surface area contributed by atoms with E-state index in [1.165, 1.54) is 18.8 Å². The van der Waals surface area contributed by atoms with E-state index < -0.39 is 11.6 Å². The van der Waals surface area contributed by atoms with Crippen LogP contribution in [0.3, 0.4) is 0 Å². The van der Waals surface area contributed by atoms with Crippen LogP contribution in [-0.4, -0.2) is 68.7 Å². The topological polar surface area (TPSA) is 132 Å². The van der Waals surface area contributed by atoms with E-state index in [0.29, 0.717) is 29.9 Å². The Morgan fingerprint density at radius 3 is 2.83 bits per heavy atom. The fraction of sp³-hybridized carbons (Fsp3) is 0.542. The van der Waals surface area contributed by atoms with Gasteiger partial charge in [0.15, 0.2) is 5.66 Å². The van der Waals surface area contributed by atoms with E-state index in [9.17, 15) is 14.7 Å². The highest BCUT2D eigenvalue weighted by molar-refractivity contribution is 9.10. The van der Waals surface area contributed by atoms with Crippen molar-refractivity contribution in [1.29, 1.82) is 0 Å². The molecule has 11 heteroatoms. The van der Waals surface area contributed by atoms with Gasteiger partial charge in [0.2, 0.25) is 5.91 Å². The Kier molecular flexibility index (Phi) is 9.79. The number of rotatable bonds is 13. The summed E-state index contributed by atoms with van der Waals surface area (Å²) in [5.74, 6) is 0.234. The van der Waals surface area contributed by atoms with Gasteiger partial charge in [-0.2, -0.15) is 0 Å². The van der Waals surface area contributed by atoms with Crippen LogP contribution in [0.4, 0.5) is 11.6 Å². The second-order valence-electron chi connectivity index (χ2n) is 8.63. The Labute approximate surface area is 214 Å². The molecule has 3 rings (SSSR count). The summed E-state index contributed by atoms with van der Waals surface area (Å²) in [5.41, 5.74) is 0.898. The number of carbonyl (C=O) groups is 2. The first kappa shape index (κ1) is 26.8. The van der Waals surface area contributed by atoms with Crippen LogP contribution in [0.2, 0.25) is 0 Å². The van der Waals surface area contributed by atoms with Crippen LogP contribution in [-0.2, 0) is 22.4 Å². The highest BCUT2D eigenvalue weighted by Gasteiger charge is 2.43. The van der Waals surface area contributed by atoms with Gasteiger partial charge in [-0.25, -0.2) is 19.7 Å². The number of hydrogen-bond acceptors (Lipinski definition) is 8. The van der Waals surface area contributed by atoms with Crippen LogP contribution in [0.5, 0.6) is 0 Å². The van der Waals surface area contributed by atoms with Gasteiger partial charge >= 0.3 is 5.97 Å². The van der Waals surface area contributed by atoms with Crippen molar-refractivity contribution in [1.82, 2.24) is 25.2 Å². The summed E-state index contributed by atoms with van der Waals surface area (Å²) in [6.07, 6.45) is 7.86. The van der Waals surface area contributed by atoms with Gasteiger partial charge in [-0.1, -0.05) is 13.0 Å². The molecule has 2 aromatic heterocycles. The molecule has 4 N–H and O–H groups in total. The normalized spacial score (nSPS) is 14.5. The number of amides is 1.